The maximum atomic E-state index is 10.7. The Labute approximate surface area is 128 Å². The van der Waals surface area contributed by atoms with Crippen LogP contribution in [0.4, 0.5) is 0 Å². The first-order chi connectivity index (χ1) is 9.29. The molecule has 0 atom stereocenters. The molecule has 0 aliphatic rings. The number of carbonyl (C=O) groups is 1. The van der Waals surface area contributed by atoms with E-state index < -0.39 is 5.97 Å². The number of hydrogen-bond donors (Lipinski definition) is 1. The van der Waals surface area contributed by atoms with Crippen LogP contribution in [-0.2, 0) is 4.79 Å². The van der Waals surface area contributed by atoms with Crippen LogP contribution < -0.4 is 4.74 Å². The lowest BCUT2D eigenvalue weighted by molar-refractivity contribution is -0.137. The molecule has 0 bridgehead atoms. The number of rotatable bonds is 7. The van der Waals surface area contributed by atoms with Crippen molar-refractivity contribution in [3.8, 4) is 5.75 Å². The summed E-state index contributed by atoms with van der Waals surface area (Å²) in [5.74, 6) is 0.0404. The molecule has 5 heteroatoms. The van der Waals surface area contributed by atoms with Gasteiger partial charge in [0.25, 0.3) is 0 Å². The molecule has 0 radical (unpaired) electrons. The molecular formula is C15H22BrNO3. The lowest BCUT2D eigenvalue weighted by atomic mass is 10.1. The molecule has 1 rings (SSSR count). The largest absolute Gasteiger partial charge is 0.492 e. The number of carboxylic acid groups (broad SMARTS) is 1. The number of halogens is 1. The van der Waals surface area contributed by atoms with Gasteiger partial charge in [0.2, 0.25) is 0 Å². The predicted molar refractivity (Wildman–Crippen MR) is 83.2 cm³/mol. The molecular weight excluding hydrogens is 322 g/mol. The second-order valence-electron chi connectivity index (χ2n) is 5.61. The predicted octanol–water partition coefficient (Wildman–Crippen LogP) is 3.40. The first kappa shape index (κ1) is 17.0. The zero-order valence-electron chi connectivity index (χ0n) is 12.2. The molecule has 1 aromatic rings. The Morgan fingerprint density at radius 2 is 2.05 bits per heavy atom. The van der Waals surface area contributed by atoms with E-state index in [1.807, 2.05) is 24.3 Å². The number of aliphatic carboxylic acids is 1. The van der Waals surface area contributed by atoms with E-state index in [0.29, 0.717) is 19.7 Å². The summed E-state index contributed by atoms with van der Waals surface area (Å²) in [6, 6.07) is 7.69. The van der Waals surface area contributed by atoms with Gasteiger partial charge in [-0.05, 0) is 39.0 Å². The molecule has 20 heavy (non-hydrogen) atoms. The van der Waals surface area contributed by atoms with E-state index in [9.17, 15) is 4.79 Å². The molecule has 0 saturated carbocycles. The van der Waals surface area contributed by atoms with Gasteiger partial charge in [0.05, 0.1) is 6.42 Å². The first-order valence-corrected chi connectivity index (χ1v) is 7.43. The zero-order valence-corrected chi connectivity index (χ0v) is 13.8. The molecule has 0 fully saturated rings. The lowest BCUT2D eigenvalue weighted by Gasteiger charge is -2.35. The monoisotopic (exact) mass is 343 g/mol. The number of ether oxygens (including phenoxy) is 1. The van der Waals surface area contributed by atoms with E-state index in [1.165, 1.54) is 0 Å². The molecule has 0 unspecified atom stereocenters. The van der Waals surface area contributed by atoms with Crippen LogP contribution in [0, 0.1) is 0 Å². The maximum Gasteiger partial charge on any atom is 0.304 e. The zero-order chi connectivity index (χ0) is 15.2. The molecule has 4 nitrogen and oxygen atoms in total. The van der Waals surface area contributed by atoms with Crippen molar-refractivity contribution >= 4 is 21.9 Å². The Morgan fingerprint density at radius 1 is 1.35 bits per heavy atom. The molecule has 112 valence electrons. The Morgan fingerprint density at radius 3 is 2.60 bits per heavy atom. The van der Waals surface area contributed by atoms with Crippen LogP contribution in [0.5, 0.6) is 5.75 Å². The third-order valence-corrected chi connectivity index (χ3v) is 3.46. The quantitative estimate of drug-likeness (QED) is 0.824. The molecule has 0 saturated heterocycles. The number of nitrogens with zero attached hydrogens (tertiary/aromatic N) is 1. The first-order valence-electron chi connectivity index (χ1n) is 6.64. The van der Waals surface area contributed by atoms with Crippen molar-refractivity contribution in [1.29, 1.82) is 0 Å². The van der Waals surface area contributed by atoms with Gasteiger partial charge in [0.1, 0.15) is 12.4 Å². The highest BCUT2D eigenvalue weighted by Gasteiger charge is 2.21. The summed E-state index contributed by atoms with van der Waals surface area (Å²) in [7, 11) is 0. The Hall–Kier alpha value is -1.07. The van der Waals surface area contributed by atoms with Gasteiger partial charge in [0.15, 0.2) is 0 Å². The SMILES string of the molecule is CC(C)(C)N(CCOc1cccc(Br)c1)CCC(=O)O. The smallest absolute Gasteiger partial charge is 0.304 e. The fourth-order valence-corrected chi connectivity index (χ4v) is 2.22. The van der Waals surface area contributed by atoms with E-state index in [2.05, 4.69) is 41.6 Å². The topological polar surface area (TPSA) is 49.8 Å². The van der Waals surface area contributed by atoms with Crippen molar-refractivity contribution in [2.24, 2.45) is 0 Å². The van der Waals surface area contributed by atoms with E-state index in [-0.39, 0.29) is 12.0 Å². The van der Waals surface area contributed by atoms with E-state index in [0.717, 1.165) is 10.2 Å². The fraction of sp³-hybridized carbons (Fsp3) is 0.533. The summed E-state index contributed by atoms with van der Waals surface area (Å²) in [5, 5.41) is 8.80. The summed E-state index contributed by atoms with van der Waals surface area (Å²) in [6.45, 7) is 7.99. The highest BCUT2D eigenvalue weighted by Crippen LogP contribution is 2.18. The summed E-state index contributed by atoms with van der Waals surface area (Å²) in [6.07, 6.45) is 0.147. The summed E-state index contributed by atoms with van der Waals surface area (Å²) in [5.41, 5.74) is -0.0733. The number of carboxylic acids is 1. The van der Waals surface area contributed by atoms with E-state index >= 15 is 0 Å². The third-order valence-electron chi connectivity index (χ3n) is 2.97. The van der Waals surface area contributed by atoms with E-state index in [4.69, 9.17) is 9.84 Å². The van der Waals surface area contributed by atoms with E-state index in [1.54, 1.807) is 0 Å². The molecule has 0 amide bonds. The molecule has 1 aromatic carbocycles. The third kappa shape index (κ3) is 6.39. The van der Waals surface area contributed by atoms with Gasteiger partial charge in [-0.3, -0.25) is 9.69 Å². The van der Waals surface area contributed by atoms with Crippen molar-refractivity contribution in [3.63, 3.8) is 0 Å². The van der Waals surface area contributed by atoms with Crippen LogP contribution in [0.15, 0.2) is 28.7 Å². The Balaban J connectivity index is 2.48. The second-order valence-corrected chi connectivity index (χ2v) is 6.52. The van der Waals surface area contributed by atoms with Gasteiger partial charge in [-0.15, -0.1) is 0 Å². The van der Waals surface area contributed by atoms with Gasteiger partial charge in [-0.25, -0.2) is 0 Å². The van der Waals surface area contributed by atoms with Crippen molar-refractivity contribution < 1.29 is 14.6 Å². The van der Waals surface area contributed by atoms with Crippen molar-refractivity contribution in [3.05, 3.63) is 28.7 Å². The summed E-state index contributed by atoms with van der Waals surface area (Å²) in [4.78, 5) is 12.8. The van der Waals surface area contributed by atoms with Gasteiger partial charge >= 0.3 is 5.97 Å². The summed E-state index contributed by atoms with van der Waals surface area (Å²) >= 11 is 3.40. The number of hydrogen-bond acceptors (Lipinski definition) is 3. The molecule has 0 aliphatic carbocycles. The van der Waals surface area contributed by atoms with Crippen molar-refractivity contribution in [1.82, 2.24) is 4.90 Å². The maximum absolute atomic E-state index is 10.7. The van der Waals surface area contributed by atoms with Gasteiger partial charge in [-0.2, -0.15) is 0 Å². The fourth-order valence-electron chi connectivity index (χ4n) is 1.84. The normalized spacial score (nSPS) is 11.7. The second kappa shape index (κ2) is 7.64. The minimum atomic E-state index is -0.771. The van der Waals surface area contributed by atoms with Crippen LogP contribution in [0.25, 0.3) is 0 Å². The van der Waals surface area contributed by atoms with Gasteiger partial charge in [0, 0.05) is 23.1 Å². The molecule has 0 aliphatic heterocycles. The van der Waals surface area contributed by atoms with Crippen LogP contribution in [0.2, 0.25) is 0 Å². The number of benzene rings is 1. The standard InChI is InChI=1S/C15H22BrNO3/c1-15(2,3)17(8-7-14(18)19)9-10-20-13-6-4-5-12(16)11-13/h4-6,11H,7-10H2,1-3H3,(H,18,19). The van der Waals surface area contributed by atoms with Crippen LogP contribution in [-0.4, -0.2) is 41.2 Å². The molecule has 1 N–H and O–H groups in total. The molecule has 0 heterocycles. The average Bonchev–Trinajstić information content (AvgIpc) is 2.31. The summed E-state index contributed by atoms with van der Waals surface area (Å²) < 4.78 is 6.68. The molecule has 0 aromatic heterocycles. The van der Waals surface area contributed by atoms with Gasteiger partial charge < -0.3 is 9.84 Å². The lowest BCUT2D eigenvalue weighted by Crippen LogP contribution is -2.44. The van der Waals surface area contributed by atoms with Crippen LogP contribution >= 0.6 is 15.9 Å². The van der Waals surface area contributed by atoms with Crippen molar-refractivity contribution in [2.75, 3.05) is 19.7 Å². The Bertz CT molecular complexity index is 443. The molecule has 0 spiro atoms. The van der Waals surface area contributed by atoms with Crippen LogP contribution in [0.1, 0.15) is 27.2 Å². The highest BCUT2D eigenvalue weighted by molar-refractivity contribution is 9.10. The van der Waals surface area contributed by atoms with Crippen LogP contribution in [0.3, 0.4) is 0 Å². The Kier molecular flexibility index (Phi) is 6.49. The van der Waals surface area contributed by atoms with Gasteiger partial charge in [-0.1, -0.05) is 22.0 Å². The highest BCUT2D eigenvalue weighted by atomic mass is 79.9. The average molecular weight is 344 g/mol. The van der Waals surface area contributed by atoms with Crippen molar-refractivity contribution in [2.45, 2.75) is 32.7 Å². The minimum absolute atomic E-state index is 0.0733. The minimum Gasteiger partial charge on any atom is -0.492 e.